The van der Waals surface area contributed by atoms with Crippen LogP contribution in [0.25, 0.3) is 0 Å². The zero-order valence-electron chi connectivity index (χ0n) is 26.4. The Morgan fingerprint density at radius 2 is 1.74 bits per heavy atom. The van der Waals surface area contributed by atoms with E-state index in [9.17, 15) is 19.5 Å². The molecule has 1 aromatic rings. The summed E-state index contributed by atoms with van der Waals surface area (Å²) in [7, 11) is 0. The molecule has 8 heteroatoms. The molecule has 3 saturated heterocycles. The van der Waals surface area contributed by atoms with Crippen LogP contribution < -0.4 is 4.90 Å². The Balaban J connectivity index is 1.75. The maximum atomic E-state index is 14.6. The molecule has 3 amide bonds. The van der Waals surface area contributed by atoms with Crippen LogP contribution in [0.2, 0.25) is 0 Å². The van der Waals surface area contributed by atoms with Gasteiger partial charge >= 0.3 is 0 Å². The van der Waals surface area contributed by atoms with Gasteiger partial charge in [0.05, 0.1) is 17.4 Å². The number of likely N-dealkylation sites (tertiary alicyclic amines) is 1. The highest BCUT2D eigenvalue weighted by molar-refractivity contribution is 6.03. The number of para-hydroxylation sites is 1. The third-order valence-electron chi connectivity index (χ3n) is 9.96. The Morgan fingerprint density at radius 3 is 2.40 bits per heavy atom. The van der Waals surface area contributed by atoms with Crippen LogP contribution in [0.5, 0.6) is 0 Å². The number of fused-ring (bicyclic) bond motifs is 1. The fraction of sp³-hybridized carbons (Fsp3) is 0.629. The van der Waals surface area contributed by atoms with Gasteiger partial charge in [-0.05, 0) is 50.7 Å². The number of aliphatic hydroxyl groups is 1. The van der Waals surface area contributed by atoms with Crippen LogP contribution in [0.3, 0.4) is 0 Å². The molecule has 0 radical (unpaired) electrons. The molecule has 0 aliphatic carbocycles. The van der Waals surface area contributed by atoms with E-state index in [0.717, 1.165) is 37.8 Å². The average Bonchev–Trinajstić information content (AvgIpc) is 3.51. The molecule has 6 atom stereocenters. The Labute approximate surface area is 257 Å². The molecule has 236 valence electrons. The monoisotopic (exact) mass is 593 g/mol. The highest BCUT2D eigenvalue weighted by Gasteiger charge is 2.80. The Kier molecular flexibility index (Phi) is 10.9. The lowest BCUT2D eigenvalue weighted by Gasteiger charge is -2.39. The van der Waals surface area contributed by atoms with E-state index < -0.39 is 29.1 Å². The van der Waals surface area contributed by atoms with Gasteiger partial charge in [-0.2, -0.15) is 0 Å². The largest absolute Gasteiger partial charge is 0.396 e. The van der Waals surface area contributed by atoms with Crippen molar-refractivity contribution in [2.45, 2.75) is 89.4 Å². The van der Waals surface area contributed by atoms with Crippen LogP contribution in [0.15, 0.2) is 55.6 Å². The summed E-state index contributed by atoms with van der Waals surface area (Å²) in [5.41, 5.74) is -1.22. The van der Waals surface area contributed by atoms with Gasteiger partial charge in [-0.1, -0.05) is 69.9 Å². The van der Waals surface area contributed by atoms with Gasteiger partial charge in [0.15, 0.2) is 0 Å². The number of ether oxygens (including phenoxy) is 1. The quantitative estimate of drug-likeness (QED) is 0.203. The number of hydrogen-bond donors (Lipinski definition) is 1. The number of nitrogens with zero attached hydrogens (tertiary/aromatic N) is 3. The average molecular weight is 594 g/mol. The molecule has 8 nitrogen and oxygen atoms in total. The number of rotatable bonds is 17. The lowest BCUT2D eigenvalue weighted by Crippen LogP contribution is -2.57. The zero-order valence-corrected chi connectivity index (χ0v) is 26.4. The fourth-order valence-corrected chi connectivity index (χ4v) is 7.78. The minimum Gasteiger partial charge on any atom is -0.396 e. The van der Waals surface area contributed by atoms with Crippen LogP contribution >= 0.6 is 0 Å². The molecule has 0 aromatic heterocycles. The van der Waals surface area contributed by atoms with E-state index in [1.165, 1.54) is 0 Å². The first-order valence-corrected chi connectivity index (χ1v) is 16.2. The second-order valence-electron chi connectivity index (χ2n) is 12.7. The van der Waals surface area contributed by atoms with Gasteiger partial charge in [-0.25, -0.2) is 0 Å². The summed E-state index contributed by atoms with van der Waals surface area (Å²) in [5.74, 6) is -1.94. The number of carbonyl (C=O) groups excluding carboxylic acids is 3. The van der Waals surface area contributed by atoms with Crippen LogP contribution in [0.4, 0.5) is 5.69 Å². The molecule has 1 aromatic carbocycles. The van der Waals surface area contributed by atoms with Gasteiger partial charge in [0.1, 0.15) is 11.6 Å². The maximum Gasteiger partial charge on any atom is 0.248 e. The van der Waals surface area contributed by atoms with Crippen molar-refractivity contribution in [1.29, 1.82) is 0 Å². The Morgan fingerprint density at radius 1 is 1.05 bits per heavy atom. The summed E-state index contributed by atoms with van der Waals surface area (Å²) in [6, 6.07) is 8.68. The third-order valence-corrected chi connectivity index (χ3v) is 9.96. The first-order valence-electron chi connectivity index (χ1n) is 16.2. The van der Waals surface area contributed by atoms with Crippen molar-refractivity contribution in [3.05, 3.63) is 55.6 Å². The van der Waals surface area contributed by atoms with E-state index in [-0.39, 0.29) is 30.2 Å². The number of aliphatic hydroxyl groups excluding tert-OH is 1. The summed E-state index contributed by atoms with van der Waals surface area (Å²) in [6.45, 7) is 15.8. The zero-order chi connectivity index (χ0) is 31.2. The van der Waals surface area contributed by atoms with Crippen LogP contribution in [0, 0.1) is 17.8 Å². The molecule has 3 fully saturated rings. The van der Waals surface area contributed by atoms with Crippen molar-refractivity contribution >= 4 is 23.4 Å². The van der Waals surface area contributed by atoms with Crippen molar-refractivity contribution in [2.75, 3.05) is 37.7 Å². The number of benzene rings is 1. The van der Waals surface area contributed by atoms with Gasteiger partial charge < -0.3 is 24.5 Å². The Bertz CT molecular complexity index is 1160. The lowest BCUT2D eigenvalue weighted by atomic mass is 9.62. The van der Waals surface area contributed by atoms with Gasteiger partial charge in [-0.3, -0.25) is 14.4 Å². The van der Waals surface area contributed by atoms with E-state index in [4.69, 9.17) is 4.74 Å². The van der Waals surface area contributed by atoms with Crippen molar-refractivity contribution in [3.63, 3.8) is 0 Å². The minimum absolute atomic E-state index is 0.0281. The second kappa shape index (κ2) is 14.2. The Hall–Kier alpha value is -2.97. The number of hydrogen-bond acceptors (Lipinski definition) is 5. The second-order valence-corrected chi connectivity index (χ2v) is 12.7. The molecular formula is C35H51N3O5. The molecule has 1 N–H and O–H groups in total. The topological polar surface area (TPSA) is 90.4 Å². The minimum atomic E-state index is -1.07. The van der Waals surface area contributed by atoms with Crippen molar-refractivity contribution in [1.82, 2.24) is 9.80 Å². The molecule has 4 rings (SSSR count). The van der Waals surface area contributed by atoms with E-state index in [1.54, 1.807) is 22.0 Å². The van der Waals surface area contributed by atoms with Crippen LogP contribution in [0.1, 0.15) is 72.1 Å². The number of carbonyl (C=O) groups is 3. The molecule has 3 aliphatic heterocycles. The van der Waals surface area contributed by atoms with Crippen molar-refractivity contribution < 1.29 is 24.2 Å². The highest BCUT2D eigenvalue weighted by atomic mass is 16.5. The van der Waals surface area contributed by atoms with Gasteiger partial charge in [-0.15, -0.1) is 13.2 Å². The molecule has 2 bridgehead atoms. The maximum absolute atomic E-state index is 14.6. The first-order chi connectivity index (χ1) is 20.7. The number of unbranched alkanes of at least 4 members (excludes halogenated alkanes) is 5. The number of anilines is 1. The molecule has 3 heterocycles. The molecular weight excluding hydrogens is 542 g/mol. The predicted molar refractivity (Wildman–Crippen MR) is 169 cm³/mol. The highest BCUT2D eigenvalue weighted by Crippen LogP contribution is 2.65. The molecule has 43 heavy (non-hydrogen) atoms. The smallest absolute Gasteiger partial charge is 0.248 e. The summed E-state index contributed by atoms with van der Waals surface area (Å²) in [5, 5.41) is 9.23. The molecule has 3 unspecified atom stereocenters. The van der Waals surface area contributed by atoms with Crippen LogP contribution in [-0.4, -0.2) is 82.7 Å². The number of amides is 3. The van der Waals surface area contributed by atoms with E-state index in [1.807, 2.05) is 42.2 Å². The van der Waals surface area contributed by atoms with Gasteiger partial charge in [0, 0.05) is 38.5 Å². The third kappa shape index (κ3) is 6.05. The van der Waals surface area contributed by atoms with E-state index >= 15 is 0 Å². The van der Waals surface area contributed by atoms with E-state index in [0.29, 0.717) is 45.4 Å². The molecule has 3 aliphatic rings. The molecule has 0 saturated carbocycles. The van der Waals surface area contributed by atoms with Crippen LogP contribution in [-0.2, 0) is 19.1 Å². The predicted octanol–water partition coefficient (Wildman–Crippen LogP) is 4.97. The normalized spacial score (nSPS) is 29.0. The summed E-state index contributed by atoms with van der Waals surface area (Å²) >= 11 is 0. The lowest BCUT2D eigenvalue weighted by molar-refractivity contribution is -0.152. The van der Waals surface area contributed by atoms with E-state index in [2.05, 4.69) is 27.0 Å². The summed E-state index contributed by atoms with van der Waals surface area (Å²) in [6.07, 6.45) is 10.0. The summed E-state index contributed by atoms with van der Waals surface area (Å²) < 4.78 is 6.97. The fourth-order valence-electron chi connectivity index (χ4n) is 7.78. The van der Waals surface area contributed by atoms with Crippen molar-refractivity contribution in [3.8, 4) is 0 Å². The SMILES string of the molecule is C=CCN(CCCCC)C(=O)C1N(CCCCCCO)C(=O)[C@@H]2[C@@H](C(=O)N(CC=C)c3ccccc3)[C@]3(C)OC12CC3C. The standard InChI is InChI=1S/C35H51N3O5/c1-6-9-15-22-36(20-7-2)33(42)30-35-25-26(4)34(5,43-35)28(29(35)32(41)38(30)23-16-10-11-17-24-39)31(40)37(21-8-3)27-18-13-12-14-19-27/h7-8,12-14,18-19,26,28-30,39H,2-3,6,9-11,15-17,20-25H2,1,4-5H3/t26?,28-,29-,30?,34+,35?/m0/s1. The molecule has 1 spiro atoms. The summed E-state index contributed by atoms with van der Waals surface area (Å²) in [4.78, 5) is 48.9. The van der Waals surface area contributed by atoms with Gasteiger partial charge in [0.25, 0.3) is 0 Å². The van der Waals surface area contributed by atoms with Crippen molar-refractivity contribution in [2.24, 2.45) is 17.8 Å². The first kappa shape index (κ1) is 32.9. The van der Waals surface area contributed by atoms with Gasteiger partial charge in [0.2, 0.25) is 17.7 Å².